The summed E-state index contributed by atoms with van der Waals surface area (Å²) in [6, 6.07) is 6.85. The lowest BCUT2D eigenvalue weighted by Gasteiger charge is -2.37. The number of urea groups is 1. The summed E-state index contributed by atoms with van der Waals surface area (Å²) < 4.78 is 0.0518. The zero-order valence-corrected chi connectivity index (χ0v) is 13.1. The maximum absolute atomic E-state index is 12.4. The molecule has 1 aliphatic heterocycles. The highest BCUT2D eigenvalue weighted by Crippen LogP contribution is 2.29. The Bertz CT molecular complexity index is 545. The molecule has 1 saturated heterocycles. The standard InChI is InChI=1S/C15H20N2O3S/c1-15(2)10-17(7-8-21-15)14(20)16-12-6-4-3-5-11(12)9-13(18)19/h3-6H,7-10H2,1-2H3,(H,16,20)(H,18,19). The van der Waals surface area contributed by atoms with Crippen molar-refractivity contribution in [2.75, 3.05) is 24.2 Å². The zero-order chi connectivity index (χ0) is 15.5. The minimum Gasteiger partial charge on any atom is -0.481 e. The van der Waals surface area contributed by atoms with Gasteiger partial charge in [0.15, 0.2) is 0 Å². The molecular formula is C15H20N2O3S. The largest absolute Gasteiger partial charge is 0.481 e. The van der Waals surface area contributed by atoms with E-state index in [4.69, 9.17) is 5.11 Å². The van der Waals surface area contributed by atoms with Crippen molar-refractivity contribution in [3.63, 3.8) is 0 Å². The van der Waals surface area contributed by atoms with Gasteiger partial charge in [0.05, 0.1) is 6.42 Å². The Morgan fingerprint density at radius 3 is 2.76 bits per heavy atom. The molecule has 5 nitrogen and oxygen atoms in total. The fourth-order valence-corrected chi connectivity index (χ4v) is 3.45. The van der Waals surface area contributed by atoms with Crippen LogP contribution >= 0.6 is 11.8 Å². The molecule has 0 atom stereocenters. The van der Waals surface area contributed by atoms with E-state index in [1.165, 1.54) is 0 Å². The molecule has 6 heteroatoms. The van der Waals surface area contributed by atoms with Gasteiger partial charge in [-0.1, -0.05) is 18.2 Å². The number of nitrogens with zero attached hydrogens (tertiary/aromatic N) is 1. The Morgan fingerprint density at radius 2 is 2.10 bits per heavy atom. The molecule has 1 heterocycles. The average Bonchev–Trinajstić information content (AvgIpc) is 2.39. The van der Waals surface area contributed by atoms with E-state index < -0.39 is 5.97 Å². The van der Waals surface area contributed by atoms with Crippen LogP contribution in [0.3, 0.4) is 0 Å². The van der Waals surface area contributed by atoms with Gasteiger partial charge in [0.2, 0.25) is 0 Å². The van der Waals surface area contributed by atoms with E-state index in [1.54, 1.807) is 29.2 Å². The van der Waals surface area contributed by atoms with Crippen molar-refractivity contribution < 1.29 is 14.7 Å². The van der Waals surface area contributed by atoms with E-state index in [2.05, 4.69) is 19.2 Å². The van der Waals surface area contributed by atoms with E-state index in [1.807, 2.05) is 11.8 Å². The fourth-order valence-electron chi connectivity index (χ4n) is 2.34. The van der Waals surface area contributed by atoms with Crippen LogP contribution in [0.15, 0.2) is 24.3 Å². The molecule has 1 aromatic carbocycles. The molecular weight excluding hydrogens is 288 g/mol. The van der Waals surface area contributed by atoms with Crippen LogP contribution in [0.2, 0.25) is 0 Å². The second kappa shape index (κ2) is 6.39. The van der Waals surface area contributed by atoms with Gasteiger partial charge in [0, 0.05) is 29.3 Å². The molecule has 1 aliphatic rings. The maximum atomic E-state index is 12.4. The number of carboxylic acids is 1. The number of carbonyl (C=O) groups excluding carboxylic acids is 1. The van der Waals surface area contributed by atoms with Crippen LogP contribution in [-0.4, -0.2) is 45.6 Å². The fraction of sp³-hybridized carbons (Fsp3) is 0.467. The third-order valence-corrected chi connectivity index (χ3v) is 4.61. The van der Waals surface area contributed by atoms with Crippen molar-refractivity contribution in [3.8, 4) is 0 Å². The van der Waals surface area contributed by atoms with E-state index >= 15 is 0 Å². The number of hydrogen-bond acceptors (Lipinski definition) is 3. The highest BCUT2D eigenvalue weighted by molar-refractivity contribution is 8.00. The summed E-state index contributed by atoms with van der Waals surface area (Å²) in [6.07, 6.45) is -0.0994. The minimum atomic E-state index is -0.910. The van der Waals surface area contributed by atoms with Crippen molar-refractivity contribution in [2.45, 2.75) is 25.0 Å². The zero-order valence-electron chi connectivity index (χ0n) is 12.3. The topological polar surface area (TPSA) is 69.6 Å². The summed E-state index contributed by atoms with van der Waals surface area (Å²) in [5.41, 5.74) is 1.19. The summed E-state index contributed by atoms with van der Waals surface area (Å²) in [6.45, 7) is 5.64. The van der Waals surface area contributed by atoms with Gasteiger partial charge in [-0.05, 0) is 25.5 Å². The smallest absolute Gasteiger partial charge is 0.321 e. The molecule has 1 fully saturated rings. The molecule has 0 saturated carbocycles. The summed E-state index contributed by atoms with van der Waals surface area (Å²) >= 11 is 1.86. The number of thioether (sulfide) groups is 1. The minimum absolute atomic E-state index is 0.0518. The Morgan fingerprint density at radius 1 is 1.38 bits per heavy atom. The number of rotatable bonds is 3. The number of carbonyl (C=O) groups is 2. The van der Waals surface area contributed by atoms with Gasteiger partial charge in [0.1, 0.15) is 0 Å². The summed E-state index contributed by atoms with van der Waals surface area (Å²) in [5, 5.41) is 11.8. The van der Waals surface area contributed by atoms with Crippen molar-refractivity contribution in [1.82, 2.24) is 4.90 Å². The number of benzene rings is 1. The van der Waals surface area contributed by atoms with E-state index in [-0.39, 0.29) is 17.2 Å². The van der Waals surface area contributed by atoms with Gasteiger partial charge >= 0.3 is 12.0 Å². The highest BCUT2D eigenvalue weighted by Gasteiger charge is 2.29. The van der Waals surface area contributed by atoms with Gasteiger partial charge in [-0.3, -0.25) is 4.79 Å². The predicted octanol–water partition coefficient (Wildman–Crippen LogP) is 2.67. The molecule has 0 aromatic heterocycles. The molecule has 0 radical (unpaired) electrons. The Balaban J connectivity index is 2.07. The Kier molecular flexibility index (Phi) is 4.77. The second-order valence-corrected chi connectivity index (χ2v) is 7.49. The number of anilines is 1. The quantitative estimate of drug-likeness (QED) is 0.900. The first kappa shape index (κ1) is 15.7. The van der Waals surface area contributed by atoms with Crippen molar-refractivity contribution in [3.05, 3.63) is 29.8 Å². The molecule has 1 aromatic rings. The van der Waals surface area contributed by atoms with Gasteiger partial charge in [-0.2, -0.15) is 11.8 Å². The first-order valence-corrected chi connectivity index (χ1v) is 7.85. The lowest BCUT2D eigenvalue weighted by molar-refractivity contribution is -0.136. The molecule has 0 bridgehead atoms. The summed E-state index contributed by atoms with van der Waals surface area (Å²) in [7, 11) is 0. The van der Waals surface area contributed by atoms with Crippen LogP contribution in [0.1, 0.15) is 19.4 Å². The van der Waals surface area contributed by atoms with Crippen LogP contribution < -0.4 is 5.32 Å². The lowest BCUT2D eigenvalue weighted by Crippen LogP contribution is -2.47. The van der Waals surface area contributed by atoms with Crippen LogP contribution in [0.5, 0.6) is 0 Å². The predicted molar refractivity (Wildman–Crippen MR) is 84.9 cm³/mol. The Labute approximate surface area is 128 Å². The Hall–Kier alpha value is -1.69. The number of para-hydroxylation sites is 1. The molecule has 0 spiro atoms. The van der Waals surface area contributed by atoms with Gasteiger partial charge in [-0.25, -0.2) is 4.79 Å². The molecule has 2 rings (SSSR count). The molecule has 114 valence electrons. The van der Waals surface area contributed by atoms with E-state index in [0.29, 0.717) is 24.3 Å². The lowest BCUT2D eigenvalue weighted by atomic mass is 10.1. The van der Waals surface area contributed by atoms with Crippen molar-refractivity contribution >= 4 is 29.4 Å². The molecule has 2 N–H and O–H groups in total. The summed E-state index contributed by atoms with van der Waals surface area (Å²) in [4.78, 5) is 25.0. The molecule has 0 aliphatic carbocycles. The first-order valence-electron chi connectivity index (χ1n) is 6.87. The number of carboxylic acid groups (broad SMARTS) is 1. The van der Waals surface area contributed by atoms with Gasteiger partial charge in [0.25, 0.3) is 0 Å². The highest BCUT2D eigenvalue weighted by atomic mass is 32.2. The van der Waals surface area contributed by atoms with Crippen molar-refractivity contribution in [1.29, 1.82) is 0 Å². The van der Waals surface area contributed by atoms with Crippen molar-refractivity contribution in [2.24, 2.45) is 0 Å². The number of nitrogens with one attached hydrogen (secondary N) is 1. The first-order chi connectivity index (χ1) is 9.87. The normalized spacial score (nSPS) is 17.3. The van der Waals surface area contributed by atoms with Gasteiger partial charge < -0.3 is 15.3 Å². The van der Waals surface area contributed by atoms with Crippen LogP contribution in [0.4, 0.5) is 10.5 Å². The monoisotopic (exact) mass is 308 g/mol. The molecule has 2 amide bonds. The third-order valence-electron chi connectivity index (χ3n) is 3.31. The van der Waals surface area contributed by atoms with Crippen LogP contribution in [0, 0.1) is 0 Å². The van der Waals surface area contributed by atoms with Crippen LogP contribution in [0.25, 0.3) is 0 Å². The number of amides is 2. The number of aliphatic carboxylic acids is 1. The second-order valence-electron chi connectivity index (χ2n) is 5.69. The number of hydrogen-bond donors (Lipinski definition) is 2. The third kappa shape index (κ3) is 4.39. The maximum Gasteiger partial charge on any atom is 0.321 e. The average molecular weight is 308 g/mol. The molecule has 21 heavy (non-hydrogen) atoms. The summed E-state index contributed by atoms with van der Waals surface area (Å²) in [5.74, 6) is 0.00389. The van der Waals surface area contributed by atoms with Crippen LogP contribution in [-0.2, 0) is 11.2 Å². The van der Waals surface area contributed by atoms with E-state index in [0.717, 1.165) is 5.75 Å². The SMILES string of the molecule is CC1(C)CN(C(=O)Nc2ccccc2CC(=O)O)CCS1. The van der Waals surface area contributed by atoms with Gasteiger partial charge in [-0.15, -0.1) is 0 Å². The molecule has 0 unspecified atom stereocenters. The van der Waals surface area contributed by atoms with E-state index in [9.17, 15) is 9.59 Å².